The van der Waals surface area contributed by atoms with Crippen LogP contribution < -0.4 is 5.73 Å². The van der Waals surface area contributed by atoms with E-state index in [0.717, 1.165) is 25.0 Å². The van der Waals surface area contributed by atoms with Gasteiger partial charge in [-0.25, -0.2) is 4.39 Å². The average Bonchev–Trinajstić information content (AvgIpc) is 2.93. The summed E-state index contributed by atoms with van der Waals surface area (Å²) in [6.07, 6.45) is 3.34. The van der Waals surface area contributed by atoms with Crippen molar-refractivity contribution in [1.29, 1.82) is 0 Å². The monoisotopic (exact) mass is 274 g/mol. The minimum absolute atomic E-state index is 0.142. The maximum atomic E-state index is 14.1. The van der Waals surface area contributed by atoms with E-state index in [4.69, 9.17) is 10.3 Å². The highest BCUT2D eigenvalue weighted by molar-refractivity contribution is 5.76. The first-order valence-electron chi connectivity index (χ1n) is 7.00. The van der Waals surface area contributed by atoms with Gasteiger partial charge in [0.05, 0.1) is 11.3 Å². The maximum Gasteiger partial charge on any atom is 0.230 e. The van der Waals surface area contributed by atoms with E-state index in [9.17, 15) is 4.39 Å². The Morgan fingerprint density at radius 1 is 1.35 bits per heavy atom. The summed E-state index contributed by atoms with van der Waals surface area (Å²) in [5, 5.41) is 4.14. The number of halogens is 1. The second kappa shape index (κ2) is 4.62. The standard InChI is InChI=1S/C16H19FN2O/c1-16(2)9-5-7-11(16)14-13(15(18)20-19-14)10-6-3-4-8-12(10)17/h3-4,6,8,11H,5,7,9,18H2,1-2H3. The van der Waals surface area contributed by atoms with Crippen molar-refractivity contribution in [1.82, 2.24) is 5.16 Å². The summed E-state index contributed by atoms with van der Waals surface area (Å²) in [6, 6.07) is 6.63. The lowest BCUT2D eigenvalue weighted by Crippen LogP contribution is -2.16. The third-order valence-corrected chi connectivity index (χ3v) is 4.48. The molecule has 0 saturated heterocycles. The summed E-state index contributed by atoms with van der Waals surface area (Å²) in [5.41, 5.74) is 7.95. The summed E-state index contributed by atoms with van der Waals surface area (Å²) in [7, 11) is 0. The zero-order valence-corrected chi connectivity index (χ0v) is 11.8. The predicted molar refractivity (Wildman–Crippen MR) is 76.7 cm³/mol. The smallest absolute Gasteiger partial charge is 0.230 e. The Hall–Kier alpha value is -1.84. The minimum Gasteiger partial charge on any atom is -0.367 e. The van der Waals surface area contributed by atoms with Crippen LogP contribution in [0.5, 0.6) is 0 Å². The van der Waals surface area contributed by atoms with Gasteiger partial charge in [0.1, 0.15) is 5.82 Å². The number of hydrogen-bond donors (Lipinski definition) is 1. The van der Waals surface area contributed by atoms with Crippen molar-refractivity contribution < 1.29 is 8.91 Å². The molecule has 1 heterocycles. The number of hydrogen-bond acceptors (Lipinski definition) is 3. The topological polar surface area (TPSA) is 52.0 Å². The highest BCUT2D eigenvalue weighted by atomic mass is 19.1. The molecule has 0 radical (unpaired) electrons. The molecular weight excluding hydrogens is 255 g/mol. The van der Waals surface area contributed by atoms with Gasteiger partial charge in [0.2, 0.25) is 5.88 Å². The van der Waals surface area contributed by atoms with E-state index in [2.05, 4.69) is 19.0 Å². The van der Waals surface area contributed by atoms with Gasteiger partial charge in [0.25, 0.3) is 0 Å². The molecule has 1 aliphatic rings. The van der Waals surface area contributed by atoms with Crippen molar-refractivity contribution in [2.75, 3.05) is 5.73 Å². The Morgan fingerprint density at radius 3 is 2.75 bits per heavy atom. The van der Waals surface area contributed by atoms with E-state index in [-0.39, 0.29) is 23.0 Å². The molecule has 1 fully saturated rings. The van der Waals surface area contributed by atoms with E-state index in [1.54, 1.807) is 18.2 Å². The molecule has 2 aromatic rings. The van der Waals surface area contributed by atoms with Crippen LogP contribution in [0.15, 0.2) is 28.8 Å². The molecule has 1 aliphatic carbocycles. The lowest BCUT2D eigenvalue weighted by atomic mass is 9.78. The molecular formula is C16H19FN2O. The van der Waals surface area contributed by atoms with Gasteiger partial charge < -0.3 is 10.3 Å². The predicted octanol–water partition coefficient (Wildman–Crippen LogP) is 4.36. The molecule has 20 heavy (non-hydrogen) atoms. The molecule has 3 nitrogen and oxygen atoms in total. The lowest BCUT2D eigenvalue weighted by molar-refractivity contribution is 0.314. The number of rotatable bonds is 2. The minimum atomic E-state index is -0.292. The summed E-state index contributed by atoms with van der Waals surface area (Å²) >= 11 is 0. The first kappa shape index (κ1) is 13.2. The van der Waals surface area contributed by atoms with E-state index in [0.29, 0.717) is 11.1 Å². The highest BCUT2D eigenvalue weighted by Crippen LogP contribution is 2.51. The second-order valence-corrected chi connectivity index (χ2v) is 6.22. The van der Waals surface area contributed by atoms with Gasteiger partial charge in [-0.2, -0.15) is 0 Å². The molecule has 1 unspecified atom stereocenters. The molecule has 1 aromatic carbocycles. The Kier molecular flexibility index (Phi) is 3.04. The van der Waals surface area contributed by atoms with Crippen LogP contribution in [-0.4, -0.2) is 5.16 Å². The van der Waals surface area contributed by atoms with Crippen LogP contribution in [0.3, 0.4) is 0 Å². The van der Waals surface area contributed by atoms with Crippen molar-refractivity contribution in [3.8, 4) is 11.1 Å². The van der Waals surface area contributed by atoms with Gasteiger partial charge in [-0.1, -0.05) is 43.6 Å². The molecule has 4 heteroatoms. The van der Waals surface area contributed by atoms with Crippen LogP contribution in [0, 0.1) is 11.2 Å². The summed E-state index contributed by atoms with van der Waals surface area (Å²) < 4.78 is 19.2. The van der Waals surface area contributed by atoms with E-state index >= 15 is 0 Å². The number of nitrogens with zero attached hydrogens (tertiary/aromatic N) is 1. The van der Waals surface area contributed by atoms with Crippen LogP contribution >= 0.6 is 0 Å². The molecule has 2 N–H and O–H groups in total. The molecule has 0 spiro atoms. The van der Waals surface area contributed by atoms with Crippen LogP contribution in [0.2, 0.25) is 0 Å². The Morgan fingerprint density at radius 2 is 2.10 bits per heavy atom. The second-order valence-electron chi connectivity index (χ2n) is 6.22. The first-order valence-corrected chi connectivity index (χ1v) is 7.00. The first-order chi connectivity index (χ1) is 9.50. The summed E-state index contributed by atoms with van der Waals surface area (Å²) in [4.78, 5) is 0. The summed E-state index contributed by atoms with van der Waals surface area (Å²) in [6.45, 7) is 4.45. The van der Waals surface area contributed by atoms with Gasteiger partial charge in [0.15, 0.2) is 0 Å². The average molecular weight is 274 g/mol. The molecule has 1 saturated carbocycles. The van der Waals surface area contributed by atoms with Crippen molar-refractivity contribution in [2.24, 2.45) is 5.41 Å². The van der Waals surface area contributed by atoms with Crippen molar-refractivity contribution >= 4 is 5.88 Å². The Bertz CT molecular complexity index is 633. The zero-order chi connectivity index (χ0) is 14.3. The fourth-order valence-corrected chi connectivity index (χ4v) is 3.32. The number of aromatic nitrogens is 1. The molecule has 0 amide bonds. The van der Waals surface area contributed by atoms with Gasteiger partial charge in [-0.05, 0) is 24.3 Å². The van der Waals surface area contributed by atoms with Crippen molar-refractivity contribution in [3.05, 3.63) is 35.8 Å². The van der Waals surface area contributed by atoms with Crippen LogP contribution in [-0.2, 0) is 0 Å². The number of benzene rings is 1. The van der Waals surface area contributed by atoms with E-state index in [1.807, 2.05) is 0 Å². The maximum absolute atomic E-state index is 14.1. The van der Waals surface area contributed by atoms with E-state index in [1.165, 1.54) is 6.07 Å². The largest absolute Gasteiger partial charge is 0.367 e. The fourth-order valence-electron chi connectivity index (χ4n) is 3.32. The van der Waals surface area contributed by atoms with Crippen LogP contribution in [0.1, 0.15) is 44.7 Å². The van der Waals surface area contributed by atoms with Crippen LogP contribution in [0.4, 0.5) is 10.3 Å². The van der Waals surface area contributed by atoms with Gasteiger partial charge >= 0.3 is 0 Å². The van der Waals surface area contributed by atoms with Gasteiger partial charge in [-0.15, -0.1) is 0 Å². The highest BCUT2D eigenvalue weighted by Gasteiger charge is 2.39. The Balaban J connectivity index is 2.14. The van der Waals surface area contributed by atoms with Crippen molar-refractivity contribution in [2.45, 2.75) is 39.0 Å². The third-order valence-electron chi connectivity index (χ3n) is 4.48. The molecule has 1 aromatic heterocycles. The molecule has 3 rings (SSSR count). The van der Waals surface area contributed by atoms with Crippen molar-refractivity contribution in [3.63, 3.8) is 0 Å². The van der Waals surface area contributed by atoms with Gasteiger partial charge in [0, 0.05) is 11.5 Å². The summed E-state index contributed by atoms with van der Waals surface area (Å²) in [5.74, 6) is 0.172. The lowest BCUT2D eigenvalue weighted by Gasteiger charge is -2.25. The normalized spacial score (nSPS) is 21.2. The van der Waals surface area contributed by atoms with E-state index < -0.39 is 0 Å². The quantitative estimate of drug-likeness (QED) is 0.885. The SMILES string of the molecule is CC1(C)CCCC1c1noc(N)c1-c1ccccc1F. The Labute approximate surface area is 118 Å². The van der Waals surface area contributed by atoms with Crippen LogP contribution in [0.25, 0.3) is 11.1 Å². The molecule has 0 aliphatic heterocycles. The molecule has 0 bridgehead atoms. The fraction of sp³-hybridized carbons (Fsp3) is 0.438. The molecule has 106 valence electrons. The van der Waals surface area contributed by atoms with Gasteiger partial charge in [-0.3, -0.25) is 0 Å². The third kappa shape index (κ3) is 1.99. The number of nitrogen functional groups attached to an aromatic ring is 1. The number of nitrogens with two attached hydrogens (primary N) is 1. The number of anilines is 1. The molecule has 1 atom stereocenters. The zero-order valence-electron chi connectivity index (χ0n) is 11.8.